The monoisotopic (exact) mass is 438 g/mol. The molecule has 0 aromatic carbocycles. The maximum atomic E-state index is 11.8. The van der Waals surface area contributed by atoms with Gasteiger partial charge in [0.05, 0.1) is 33.8 Å². The zero-order valence-electron chi connectivity index (χ0n) is 14.8. The number of aromatic hydroxyl groups is 4. The molecule has 0 saturated heterocycles. The third kappa shape index (κ3) is 2.88. The van der Waals surface area contributed by atoms with Crippen molar-refractivity contribution in [3.05, 3.63) is 0 Å². The SMILES string of the molecule is CCCS(=O)(=O)On1c(O)c2c(c1O)-c1c-2c(O)n(OS(=O)(=O)CCC)c1O. The number of nitrogens with zero attached hydrogens (tertiary/aromatic N) is 2. The van der Waals surface area contributed by atoms with E-state index in [0.717, 1.165) is 0 Å². The van der Waals surface area contributed by atoms with Gasteiger partial charge < -0.3 is 20.4 Å². The largest absolute Gasteiger partial charge is 0.492 e. The van der Waals surface area contributed by atoms with Gasteiger partial charge in [0.2, 0.25) is 23.5 Å². The topological polar surface area (TPSA) is 178 Å². The highest BCUT2D eigenvalue weighted by atomic mass is 32.2. The van der Waals surface area contributed by atoms with Crippen LogP contribution in [0.5, 0.6) is 23.5 Å². The molecule has 0 atom stereocenters. The first-order valence-electron chi connectivity index (χ1n) is 8.15. The Hall–Kier alpha value is -2.74. The van der Waals surface area contributed by atoms with Gasteiger partial charge in [-0.05, 0) is 12.8 Å². The van der Waals surface area contributed by atoms with E-state index in [1.54, 1.807) is 13.8 Å². The quantitative estimate of drug-likeness (QED) is 0.377. The summed E-state index contributed by atoms with van der Waals surface area (Å²) in [5.74, 6) is -4.19. The molecule has 2 aromatic rings. The number of hydrogen-bond donors (Lipinski definition) is 4. The standard InChI is InChI=1S/C14H18N2O10S2/c1-3-5-27(21,22)25-15-11(17)7-8(12(15)18)10-9(7)13(19)16(14(10)20)26-28(23,24)6-4-2/h17-20H,3-6H2,1-2H3. The lowest BCUT2D eigenvalue weighted by molar-refractivity contribution is 0.201. The maximum absolute atomic E-state index is 11.8. The molecule has 3 rings (SSSR count). The van der Waals surface area contributed by atoms with Crippen molar-refractivity contribution in [1.29, 1.82) is 0 Å². The van der Waals surface area contributed by atoms with Crippen molar-refractivity contribution in [1.82, 2.24) is 9.46 Å². The Morgan fingerprint density at radius 2 is 0.893 bits per heavy atom. The van der Waals surface area contributed by atoms with Gasteiger partial charge in [0.15, 0.2) is 0 Å². The van der Waals surface area contributed by atoms with Crippen LogP contribution in [0.3, 0.4) is 0 Å². The fourth-order valence-corrected chi connectivity index (χ4v) is 4.77. The average molecular weight is 438 g/mol. The van der Waals surface area contributed by atoms with Crippen molar-refractivity contribution in [2.75, 3.05) is 11.5 Å². The Morgan fingerprint density at radius 3 is 1.11 bits per heavy atom. The molecule has 0 amide bonds. The van der Waals surface area contributed by atoms with E-state index in [4.69, 9.17) is 0 Å². The summed E-state index contributed by atoms with van der Waals surface area (Å²) in [6.45, 7) is 3.17. The van der Waals surface area contributed by atoms with E-state index >= 15 is 0 Å². The molecule has 14 heteroatoms. The van der Waals surface area contributed by atoms with Crippen molar-refractivity contribution in [3.63, 3.8) is 0 Å². The van der Waals surface area contributed by atoms with Crippen LogP contribution in [-0.2, 0) is 20.2 Å². The molecule has 1 aliphatic rings. The molecule has 0 aliphatic heterocycles. The molecule has 12 nitrogen and oxygen atoms in total. The lowest BCUT2D eigenvalue weighted by Crippen LogP contribution is -2.22. The molecule has 1 aliphatic carbocycles. The minimum Gasteiger partial charge on any atom is -0.492 e. The Kier molecular flexibility index (Phi) is 4.58. The molecular weight excluding hydrogens is 420 g/mol. The molecule has 2 heterocycles. The Bertz CT molecular complexity index is 1000. The second kappa shape index (κ2) is 6.41. The molecule has 0 unspecified atom stereocenters. The van der Waals surface area contributed by atoms with Crippen molar-refractivity contribution in [2.24, 2.45) is 0 Å². The number of hydrogen-bond acceptors (Lipinski definition) is 10. The van der Waals surface area contributed by atoms with Gasteiger partial charge >= 0.3 is 20.2 Å². The smallest absolute Gasteiger partial charge is 0.327 e. The highest BCUT2D eigenvalue weighted by molar-refractivity contribution is 7.87. The molecule has 0 bridgehead atoms. The lowest BCUT2D eigenvalue weighted by Gasteiger charge is -2.13. The highest BCUT2D eigenvalue weighted by Crippen LogP contribution is 2.64. The molecule has 0 radical (unpaired) electrons. The van der Waals surface area contributed by atoms with Gasteiger partial charge in [-0.3, -0.25) is 8.57 Å². The molecule has 2 aromatic heterocycles. The van der Waals surface area contributed by atoms with Gasteiger partial charge in [-0.15, -0.1) is 0 Å². The number of aromatic nitrogens is 2. The minimum atomic E-state index is -4.13. The fraction of sp³-hybridized carbons (Fsp3) is 0.429. The van der Waals surface area contributed by atoms with E-state index in [9.17, 15) is 37.3 Å². The first-order chi connectivity index (χ1) is 13.0. The summed E-state index contributed by atoms with van der Waals surface area (Å²) >= 11 is 0. The van der Waals surface area contributed by atoms with E-state index in [1.807, 2.05) is 0 Å². The predicted molar refractivity (Wildman–Crippen MR) is 94.8 cm³/mol. The lowest BCUT2D eigenvalue weighted by atomic mass is 9.86. The van der Waals surface area contributed by atoms with Crippen LogP contribution in [0, 0.1) is 0 Å². The average Bonchev–Trinajstić information content (AvgIpc) is 2.84. The number of rotatable bonds is 8. The van der Waals surface area contributed by atoms with Crippen LogP contribution in [-0.4, -0.2) is 58.2 Å². The third-order valence-corrected chi connectivity index (χ3v) is 6.52. The van der Waals surface area contributed by atoms with Crippen LogP contribution in [0.4, 0.5) is 0 Å². The van der Waals surface area contributed by atoms with E-state index in [0.29, 0.717) is 0 Å². The zero-order valence-corrected chi connectivity index (χ0v) is 16.4. The van der Waals surface area contributed by atoms with Gasteiger partial charge in [-0.25, -0.2) is 0 Å². The molecule has 28 heavy (non-hydrogen) atoms. The van der Waals surface area contributed by atoms with Crippen molar-refractivity contribution in [3.8, 4) is 45.8 Å². The molecule has 0 spiro atoms. The molecule has 0 fully saturated rings. The first-order valence-corrected chi connectivity index (χ1v) is 11.3. The van der Waals surface area contributed by atoms with Crippen LogP contribution >= 0.6 is 0 Å². The molecule has 0 saturated carbocycles. The summed E-state index contributed by atoms with van der Waals surface area (Å²) < 4.78 is 57.0. The summed E-state index contributed by atoms with van der Waals surface area (Å²) in [5.41, 5.74) is -0.936. The Morgan fingerprint density at radius 1 is 0.643 bits per heavy atom. The predicted octanol–water partition coefficient (Wildman–Crippen LogP) is 0.0962. The van der Waals surface area contributed by atoms with Crippen molar-refractivity contribution >= 4 is 20.2 Å². The minimum absolute atomic E-state index is 0.223. The van der Waals surface area contributed by atoms with Gasteiger partial charge in [0, 0.05) is 0 Å². The normalized spacial score (nSPS) is 12.9. The summed E-state index contributed by atoms with van der Waals surface area (Å²) in [6, 6.07) is 0. The Labute approximate surface area is 159 Å². The summed E-state index contributed by atoms with van der Waals surface area (Å²) in [4.78, 5) is 0. The van der Waals surface area contributed by atoms with E-state index in [1.165, 1.54) is 0 Å². The van der Waals surface area contributed by atoms with Crippen LogP contribution in [0.2, 0.25) is 0 Å². The van der Waals surface area contributed by atoms with Gasteiger partial charge in [-0.2, -0.15) is 16.8 Å². The molecule has 156 valence electrons. The summed E-state index contributed by atoms with van der Waals surface area (Å²) in [5, 5.41) is 40.9. The van der Waals surface area contributed by atoms with Crippen LogP contribution in [0.1, 0.15) is 26.7 Å². The van der Waals surface area contributed by atoms with Crippen LogP contribution in [0.25, 0.3) is 22.3 Å². The summed E-state index contributed by atoms with van der Waals surface area (Å²) in [6.07, 6.45) is 0.447. The van der Waals surface area contributed by atoms with Gasteiger partial charge in [-0.1, -0.05) is 23.3 Å². The van der Waals surface area contributed by atoms with E-state index in [2.05, 4.69) is 8.57 Å². The van der Waals surface area contributed by atoms with E-state index < -0.39 is 43.8 Å². The van der Waals surface area contributed by atoms with Gasteiger partial charge in [0.1, 0.15) is 0 Å². The summed E-state index contributed by atoms with van der Waals surface area (Å²) in [7, 11) is -8.25. The van der Waals surface area contributed by atoms with Crippen molar-refractivity contribution < 1.29 is 45.8 Å². The van der Waals surface area contributed by atoms with E-state index in [-0.39, 0.29) is 56.1 Å². The second-order valence-corrected chi connectivity index (χ2v) is 9.40. The van der Waals surface area contributed by atoms with Gasteiger partial charge in [0.25, 0.3) is 0 Å². The number of fused-ring (bicyclic) bond motifs is 4. The maximum Gasteiger partial charge on any atom is 0.327 e. The highest BCUT2D eigenvalue weighted by Gasteiger charge is 2.45. The second-order valence-electron chi connectivity index (χ2n) is 6.06. The van der Waals surface area contributed by atoms with Crippen molar-refractivity contribution in [2.45, 2.75) is 26.7 Å². The molecular formula is C14H18N2O10S2. The first kappa shape index (κ1) is 20.0. The zero-order chi connectivity index (χ0) is 21.0. The Balaban J connectivity index is 2.06. The van der Waals surface area contributed by atoms with Crippen LogP contribution < -0.4 is 8.57 Å². The molecule has 4 N–H and O–H groups in total. The third-order valence-electron chi connectivity index (χ3n) is 3.95. The van der Waals surface area contributed by atoms with Crippen LogP contribution in [0.15, 0.2) is 0 Å². The fourth-order valence-electron chi connectivity index (χ4n) is 2.88.